The van der Waals surface area contributed by atoms with Crippen LogP contribution >= 0.6 is 0 Å². The van der Waals surface area contributed by atoms with Crippen molar-refractivity contribution >= 4 is 11.9 Å². The number of halogens is 4. The Morgan fingerprint density at radius 2 is 1.73 bits per heavy atom. The van der Waals surface area contributed by atoms with Crippen molar-refractivity contribution in [2.75, 3.05) is 19.7 Å². The molecule has 4 heterocycles. The minimum atomic E-state index is -5.08. The Morgan fingerprint density at radius 3 is 2.30 bits per heavy atom. The lowest BCUT2D eigenvalue weighted by atomic mass is 9.88. The number of alkyl halides is 3. The molecule has 13 heteroatoms. The van der Waals surface area contributed by atoms with E-state index in [-0.39, 0.29) is 29.3 Å². The minimum absolute atomic E-state index is 0.00647. The molecule has 0 aliphatic carbocycles. The Balaban J connectivity index is 0.000000383. The van der Waals surface area contributed by atoms with E-state index < -0.39 is 18.0 Å². The van der Waals surface area contributed by atoms with Crippen molar-refractivity contribution in [2.45, 2.75) is 37.1 Å². The van der Waals surface area contributed by atoms with E-state index in [1.54, 1.807) is 23.4 Å². The zero-order valence-electron chi connectivity index (χ0n) is 17.2. The van der Waals surface area contributed by atoms with Gasteiger partial charge in [-0.05, 0) is 31.0 Å². The lowest BCUT2D eigenvalue weighted by molar-refractivity contribution is -0.192. The number of rotatable bonds is 3. The molecule has 2 aliphatic heterocycles. The topological polar surface area (TPSA) is 115 Å². The number of carboxylic acids is 1. The highest BCUT2D eigenvalue weighted by atomic mass is 19.4. The number of carbonyl (C=O) groups is 2. The number of aromatic nitrogens is 3. The summed E-state index contributed by atoms with van der Waals surface area (Å²) in [5, 5.41) is 7.12. The van der Waals surface area contributed by atoms with Gasteiger partial charge in [-0.3, -0.25) is 4.79 Å². The van der Waals surface area contributed by atoms with Crippen molar-refractivity contribution in [1.82, 2.24) is 19.9 Å². The monoisotopic (exact) mass is 472 g/mol. The Morgan fingerprint density at radius 1 is 1.12 bits per heavy atom. The molecule has 2 aromatic rings. The van der Waals surface area contributed by atoms with Gasteiger partial charge in [-0.15, -0.1) is 0 Å². The molecule has 0 saturated carbocycles. The third-order valence-electron chi connectivity index (χ3n) is 5.14. The zero-order valence-corrected chi connectivity index (χ0v) is 17.2. The molecule has 1 unspecified atom stereocenters. The van der Waals surface area contributed by atoms with Crippen LogP contribution in [0.25, 0.3) is 0 Å². The minimum Gasteiger partial charge on any atom is -0.475 e. The van der Waals surface area contributed by atoms with E-state index in [2.05, 4.69) is 15.0 Å². The van der Waals surface area contributed by atoms with Crippen LogP contribution < -0.4 is 4.74 Å². The summed E-state index contributed by atoms with van der Waals surface area (Å²) in [4.78, 5) is 35.0. The van der Waals surface area contributed by atoms with Crippen LogP contribution in [0.15, 0.2) is 36.8 Å². The van der Waals surface area contributed by atoms with E-state index in [0.717, 1.165) is 0 Å². The molecule has 1 spiro atoms. The highest BCUT2D eigenvalue weighted by Gasteiger charge is 2.45. The van der Waals surface area contributed by atoms with Crippen molar-refractivity contribution in [3.8, 4) is 5.88 Å². The largest absolute Gasteiger partial charge is 0.490 e. The molecule has 4 rings (SSSR count). The van der Waals surface area contributed by atoms with Gasteiger partial charge >= 0.3 is 12.1 Å². The highest BCUT2D eigenvalue weighted by Crippen LogP contribution is 2.37. The van der Waals surface area contributed by atoms with Crippen LogP contribution in [0.4, 0.5) is 17.6 Å². The summed E-state index contributed by atoms with van der Waals surface area (Å²) in [6.45, 7) is 1.54. The van der Waals surface area contributed by atoms with E-state index in [1.807, 2.05) is 0 Å². The number of ether oxygens (including phenoxy) is 2. The third kappa shape index (κ3) is 6.34. The maximum atomic E-state index is 13.7. The molecular formula is C20H20F4N4O5. The van der Waals surface area contributed by atoms with E-state index >= 15 is 0 Å². The molecule has 2 saturated heterocycles. The van der Waals surface area contributed by atoms with Crippen LogP contribution in [-0.4, -0.2) is 74.4 Å². The van der Waals surface area contributed by atoms with Crippen molar-refractivity contribution < 1.29 is 41.7 Å². The molecule has 0 radical (unpaired) electrons. The van der Waals surface area contributed by atoms with Gasteiger partial charge in [0.25, 0.3) is 11.8 Å². The Kier molecular flexibility index (Phi) is 7.41. The number of aliphatic carboxylic acids is 1. The van der Waals surface area contributed by atoms with E-state index in [1.165, 1.54) is 18.3 Å². The van der Waals surface area contributed by atoms with Crippen LogP contribution in [0.1, 0.15) is 29.9 Å². The van der Waals surface area contributed by atoms with Gasteiger partial charge in [0.1, 0.15) is 6.10 Å². The Hall–Kier alpha value is -3.35. The lowest BCUT2D eigenvalue weighted by Gasteiger charge is -2.38. The summed E-state index contributed by atoms with van der Waals surface area (Å²) in [6.07, 6.45) is 1.37. The number of amides is 1. The van der Waals surface area contributed by atoms with Crippen LogP contribution in [0.3, 0.4) is 0 Å². The molecule has 1 N–H and O–H groups in total. The summed E-state index contributed by atoms with van der Waals surface area (Å²) in [5.41, 5.74) is -0.329. The number of carbonyl (C=O) groups excluding carboxylic acids is 1. The molecular weight excluding hydrogens is 452 g/mol. The first-order chi connectivity index (χ1) is 15.6. The summed E-state index contributed by atoms with van der Waals surface area (Å²) < 4.78 is 57.1. The number of carboxylic acid groups (broad SMARTS) is 1. The van der Waals surface area contributed by atoms with Crippen molar-refractivity contribution in [3.05, 3.63) is 48.4 Å². The van der Waals surface area contributed by atoms with Gasteiger partial charge in [0.15, 0.2) is 5.82 Å². The smallest absolute Gasteiger partial charge is 0.475 e. The predicted molar refractivity (Wildman–Crippen MR) is 103 cm³/mol. The molecule has 1 atom stereocenters. The third-order valence-corrected chi connectivity index (χ3v) is 5.14. The van der Waals surface area contributed by atoms with E-state index in [4.69, 9.17) is 19.4 Å². The quantitative estimate of drug-likeness (QED) is 0.678. The SMILES string of the molecule is O=C(O)C(F)(F)F.O=C(c1ncccn1)N1CCC2(CC1)CC(Oc1ncccc1F)CO2. The average molecular weight is 472 g/mol. The molecule has 2 aliphatic rings. The highest BCUT2D eigenvalue weighted by molar-refractivity contribution is 5.90. The first-order valence-electron chi connectivity index (χ1n) is 9.87. The van der Waals surface area contributed by atoms with Gasteiger partial charge in [-0.25, -0.2) is 24.1 Å². The second-order valence-corrected chi connectivity index (χ2v) is 7.40. The summed E-state index contributed by atoms with van der Waals surface area (Å²) in [7, 11) is 0. The molecule has 178 valence electrons. The van der Waals surface area contributed by atoms with Gasteiger partial charge in [-0.2, -0.15) is 13.2 Å². The standard InChI is InChI=1S/C18H19FN4O3.C2HF3O2/c19-14-3-1-6-22-16(14)26-13-11-18(25-12-13)4-9-23(10-5-18)17(24)15-20-7-2-8-21-15;3-2(4,5)1(6)7/h1-3,6-8,13H,4-5,9-12H2;(H,6,7). The first kappa shape index (κ1) is 24.3. The van der Waals surface area contributed by atoms with Gasteiger partial charge in [0.2, 0.25) is 5.82 Å². The van der Waals surface area contributed by atoms with Crippen molar-refractivity contribution in [3.63, 3.8) is 0 Å². The number of likely N-dealkylation sites (tertiary alicyclic amines) is 1. The molecule has 1 amide bonds. The number of hydrogen-bond acceptors (Lipinski definition) is 7. The maximum Gasteiger partial charge on any atom is 0.490 e. The molecule has 33 heavy (non-hydrogen) atoms. The fraction of sp³-hybridized carbons (Fsp3) is 0.450. The maximum absolute atomic E-state index is 13.7. The number of pyridine rings is 1. The zero-order chi connectivity index (χ0) is 24.1. The lowest BCUT2D eigenvalue weighted by Crippen LogP contribution is -2.47. The molecule has 2 aromatic heterocycles. The number of hydrogen-bond donors (Lipinski definition) is 1. The van der Waals surface area contributed by atoms with Gasteiger partial charge in [0, 0.05) is 38.1 Å². The molecule has 0 aromatic carbocycles. The van der Waals surface area contributed by atoms with Gasteiger partial charge in [-0.1, -0.05) is 0 Å². The second-order valence-electron chi connectivity index (χ2n) is 7.40. The Labute approximate surface area is 185 Å². The second kappa shape index (κ2) is 10.1. The van der Waals surface area contributed by atoms with Crippen molar-refractivity contribution in [2.24, 2.45) is 0 Å². The van der Waals surface area contributed by atoms with Gasteiger partial charge < -0.3 is 19.5 Å². The molecule has 9 nitrogen and oxygen atoms in total. The van der Waals surface area contributed by atoms with Crippen LogP contribution in [0.5, 0.6) is 5.88 Å². The first-order valence-corrected chi connectivity index (χ1v) is 9.87. The van der Waals surface area contributed by atoms with Crippen molar-refractivity contribution in [1.29, 1.82) is 0 Å². The fourth-order valence-corrected chi connectivity index (χ4v) is 3.51. The molecule has 0 bridgehead atoms. The van der Waals surface area contributed by atoms with E-state index in [9.17, 15) is 22.4 Å². The summed E-state index contributed by atoms with van der Waals surface area (Å²) in [6, 6.07) is 4.53. The number of nitrogens with zero attached hydrogens (tertiary/aromatic N) is 4. The van der Waals surface area contributed by atoms with E-state index in [0.29, 0.717) is 39.0 Å². The summed E-state index contributed by atoms with van der Waals surface area (Å²) >= 11 is 0. The van der Waals surface area contributed by atoms with Gasteiger partial charge in [0.05, 0.1) is 12.2 Å². The van der Waals surface area contributed by atoms with Crippen LogP contribution in [0.2, 0.25) is 0 Å². The molecule has 2 fully saturated rings. The fourth-order valence-electron chi connectivity index (χ4n) is 3.51. The average Bonchev–Trinajstić information content (AvgIpc) is 3.18. The number of piperidine rings is 1. The van der Waals surface area contributed by atoms with Crippen LogP contribution in [-0.2, 0) is 9.53 Å². The van der Waals surface area contributed by atoms with Crippen LogP contribution in [0, 0.1) is 5.82 Å². The normalized spacial score (nSPS) is 19.5. The predicted octanol–water partition coefficient (Wildman–Crippen LogP) is 2.49. The Bertz CT molecular complexity index is 968. The summed E-state index contributed by atoms with van der Waals surface area (Å²) in [5.74, 6) is -3.18.